The predicted octanol–water partition coefficient (Wildman–Crippen LogP) is 13.9. The first kappa shape index (κ1) is 29.7. The number of rotatable bonds is 5. The summed E-state index contributed by atoms with van der Waals surface area (Å²) < 4.78 is 2.76. The number of allylic oxidation sites excluding steroid dienone is 7. The number of hydrogen-bond donors (Lipinski definition) is 0. The lowest BCUT2D eigenvalue weighted by molar-refractivity contribution is 0.887. The Bertz CT molecular complexity index is 2550. The Kier molecular flexibility index (Phi) is 7.33. The SMILES string of the molecule is C1=CC2Sc3c(cc4c(sc5ccc(C6=CC(c7ccccc7)=CCC6)cc54)c3-c3ccccc3)C2C=C1c1cccc(-c2ccccc2)c1. The van der Waals surface area contributed by atoms with Crippen LogP contribution in [0, 0.1) is 0 Å². The molecule has 3 aliphatic rings. The number of benzene rings is 6. The fourth-order valence-corrected chi connectivity index (χ4v) is 10.8. The molecule has 0 fully saturated rings. The van der Waals surface area contributed by atoms with Crippen molar-refractivity contribution in [2.24, 2.45) is 0 Å². The predicted molar refractivity (Wildman–Crippen MR) is 218 cm³/mol. The highest BCUT2D eigenvalue weighted by Crippen LogP contribution is 2.57. The molecule has 1 aromatic heterocycles. The lowest BCUT2D eigenvalue weighted by atomic mass is 9.85. The zero-order valence-corrected chi connectivity index (χ0v) is 29.2. The van der Waals surface area contributed by atoms with Crippen molar-refractivity contribution in [3.63, 3.8) is 0 Å². The highest BCUT2D eigenvalue weighted by Gasteiger charge is 2.36. The molecular formula is C48H34S2. The molecule has 0 radical (unpaired) electrons. The molecule has 6 aromatic carbocycles. The third-order valence-electron chi connectivity index (χ3n) is 10.5. The van der Waals surface area contributed by atoms with E-state index in [1.54, 1.807) is 0 Å². The Balaban J connectivity index is 1.11. The fraction of sp³-hybridized carbons (Fsp3) is 0.0833. The van der Waals surface area contributed by atoms with Gasteiger partial charge in [-0.15, -0.1) is 23.1 Å². The van der Waals surface area contributed by atoms with E-state index in [9.17, 15) is 0 Å². The van der Waals surface area contributed by atoms with Crippen LogP contribution in [0.3, 0.4) is 0 Å². The second kappa shape index (κ2) is 12.3. The van der Waals surface area contributed by atoms with Crippen LogP contribution in [0.4, 0.5) is 0 Å². The van der Waals surface area contributed by atoms with Crippen LogP contribution < -0.4 is 0 Å². The molecule has 2 heterocycles. The number of thioether (sulfide) groups is 1. The molecule has 2 heteroatoms. The average molecular weight is 675 g/mol. The van der Waals surface area contributed by atoms with Crippen molar-refractivity contribution in [1.29, 1.82) is 0 Å². The van der Waals surface area contributed by atoms with E-state index in [0.29, 0.717) is 11.2 Å². The summed E-state index contributed by atoms with van der Waals surface area (Å²) in [7, 11) is 0. The van der Waals surface area contributed by atoms with E-state index < -0.39 is 0 Å². The van der Waals surface area contributed by atoms with E-state index in [2.05, 4.69) is 170 Å². The second-order valence-corrected chi connectivity index (χ2v) is 15.7. The number of hydrogen-bond acceptors (Lipinski definition) is 2. The molecule has 0 bridgehead atoms. The lowest BCUT2D eigenvalue weighted by Gasteiger charge is -2.20. The van der Waals surface area contributed by atoms with Gasteiger partial charge in [-0.3, -0.25) is 0 Å². The van der Waals surface area contributed by atoms with Gasteiger partial charge in [0.2, 0.25) is 0 Å². The number of thiophene rings is 1. The molecule has 2 unspecified atom stereocenters. The first-order chi connectivity index (χ1) is 24.8. The van der Waals surface area contributed by atoms with Crippen LogP contribution in [0.2, 0.25) is 0 Å². The summed E-state index contributed by atoms with van der Waals surface area (Å²) in [4.78, 5) is 1.44. The van der Waals surface area contributed by atoms with Crippen molar-refractivity contribution in [1.82, 2.24) is 0 Å². The Morgan fingerprint density at radius 1 is 0.560 bits per heavy atom. The topological polar surface area (TPSA) is 0 Å². The highest BCUT2D eigenvalue weighted by atomic mass is 32.2. The minimum absolute atomic E-state index is 0.319. The number of fused-ring (bicyclic) bond motifs is 6. The maximum atomic E-state index is 2.55. The molecule has 0 N–H and O–H groups in total. The van der Waals surface area contributed by atoms with Crippen molar-refractivity contribution in [3.8, 4) is 22.3 Å². The quantitative estimate of drug-likeness (QED) is 0.175. The molecule has 0 spiro atoms. The van der Waals surface area contributed by atoms with Gasteiger partial charge in [0.15, 0.2) is 0 Å². The fourth-order valence-electron chi connectivity index (χ4n) is 8.00. The van der Waals surface area contributed by atoms with E-state index in [-0.39, 0.29) is 0 Å². The van der Waals surface area contributed by atoms with E-state index in [1.807, 2.05) is 23.1 Å². The van der Waals surface area contributed by atoms with Gasteiger partial charge in [0.05, 0.1) is 0 Å². The van der Waals surface area contributed by atoms with Gasteiger partial charge < -0.3 is 0 Å². The normalized spacial score (nSPS) is 18.0. The molecular weight excluding hydrogens is 641 g/mol. The molecule has 2 atom stereocenters. The van der Waals surface area contributed by atoms with Crippen LogP contribution in [0.15, 0.2) is 175 Å². The van der Waals surface area contributed by atoms with Crippen LogP contribution in [0.25, 0.3) is 59.1 Å². The van der Waals surface area contributed by atoms with Crippen molar-refractivity contribution >= 4 is 60.0 Å². The Morgan fingerprint density at radius 3 is 2.08 bits per heavy atom. The van der Waals surface area contributed by atoms with Gasteiger partial charge in [0, 0.05) is 41.8 Å². The van der Waals surface area contributed by atoms with E-state index in [1.165, 1.54) is 86.3 Å². The molecule has 0 saturated carbocycles. The van der Waals surface area contributed by atoms with Crippen molar-refractivity contribution in [2.75, 3.05) is 0 Å². The molecule has 0 saturated heterocycles. The summed E-state index contributed by atoms with van der Waals surface area (Å²) in [6.07, 6.45) is 14.3. The summed E-state index contributed by atoms with van der Waals surface area (Å²) in [5.41, 5.74) is 14.7. The van der Waals surface area contributed by atoms with Crippen LogP contribution in [0.1, 0.15) is 41.0 Å². The summed E-state index contributed by atoms with van der Waals surface area (Å²) in [5, 5.41) is 3.15. The van der Waals surface area contributed by atoms with Crippen LogP contribution in [-0.4, -0.2) is 5.25 Å². The average Bonchev–Trinajstić information content (AvgIpc) is 3.75. The standard InChI is InChI=1S/C48H34S2/c1-4-12-31(13-5-1)34-18-10-20-36(26-34)38-22-24-44-40(28-38)42-30-43-41-29-39(37-21-11-19-35(27-37)32-14-6-2-7-15-32)23-25-45(41)50-48(43)46(47(42)49-44)33-16-8-3-9-17-33/h1-10,12-20,22-30,40,44H,11,21H2. The first-order valence-corrected chi connectivity index (χ1v) is 19.2. The third kappa shape index (κ3) is 5.14. The summed E-state index contributed by atoms with van der Waals surface area (Å²) in [5.74, 6) is 0.319. The van der Waals surface area contributed by atoms with Gasteiger partial charge in [-0.1, -0.05) is 146 Å². The van der Waals surface area contributed by atoms with Gasteiger partial charge in [-0.25, -0.2) is 0 Å². The summed E-state index contributed by atoms with van der Waals surface area (Å²) in [6, 6.07) is 51.4. The smallest absolute Gasteiger partial charge is 0.0445 e. The maximum absolute atomic E-state index is 2.55. The first-order valence-electron chi connectivity index (χ1n) is 17.5. The van der Waals surface area contributed by atoms with Crippen LogP contribution in [0.5, 0.6) is 0 Å². The molecule has 1 aliphatic heterocycles. The monoisotopic (exact) mass is 674 g/mol. The Hall–Kier alpha value is -5.15. The van der Waals surface area contributed by atoms with Crippen molar-refractivity contribution < 1.29 is 0 Å². The molecule has 0 amide bonds. The Labute approximate surface area is 301 Å². The highest BCUT2D eigenvalue weighted by molar-refractivity contribution is 8.00. The van der Waals surface area contributed by atoms with Gasteiger partial charge in [0.1, 0.15) is 0 Å². The third-order valence-corrected chi connectivity index (χ3v) is 13.1. The maximum Gasteiger partial charge on any atom is 0.0445 e. The van der Waals surface area contributed by atoms with Gasteiger partial charge >= 0.3 is 0 Å². The van der Waals surface area contributed by atoms with E-state index in [0.717, 1.165) is 12.8 Å². The largest absolute Gasteiger partial charge is 0.134 e. The van der Waals surface area contributed by atoms with Crippen molar-refractivity contribution in [3.05, 3.63) is 192 Å². The second-order valence-electron chi connectivity index (χ2n) is 13.5. The molecule has 0 nitrogen and oxygen atoms in total. The van der Waals surface area contributed by atoms with Gasteiger partial charge in [0.25, 0.3) is 0 Å². The zero-order valence-electron chi connectivity index (χ0n) is 27.6. The van der Waals surface area contributed by atoms with Crippen LogP contribution >= 0.6 is 23.1 Å². The minimum atomic E-state index is 0.319. The summed E-state index contributed by atoms with van der Waals surface area (Å²) in [6.45, 7) is 0. The molecule has 238 valence electrons. The lowest BCUT2D eigenvalue weighted by Crippen LogP contribution is -2.09. The molecule has 50 heavy (non-hydrogen) atoms. The molecule has 2 aliphatic carbocycles. The van der Waals surface area contributed by atoms with E-state index in [4.69, 9.17) is 0 Å². The minimum Gasteiger partial charge on any atom is -0.134 e. The van der Waals surface area contributed by atoms with Crippen molar-refractivity contribution in [2.45, 2.75) is 28.9 Å². The Morgan fingerprint density at radius 2 is 1.28 bits per heavy atom. The van der Waals surface area contributed by atoms with Crippen LogP contribution in [-0.2, 0) is 0 Å². The molecule has 7 aromatic rings. The van der Waals surface area contributed by atoms with Gasteiger partial charge in [-0.2, -0.15) is 0 Å². The summed E-state index contributed by atoms with van der Waals surface area (Å²) >= 11 is 4.00. The zero-order chi connectivity index (χ0) is 33.0. The molecule has 10 rings (SSSR count). The van der Waals surface area contributed by atoms with E-state index >= 15 is 0 Å². The van der Waals surface area contributed by atoms with Gasteiger partial charge in [-0.05, 0) is 92.8 Å².